The van der Waals surface area contributed by atoms with Gasteiger partial charge < -0.3 is 10.1 Å². The largest absolute Gasteiger partial charge is 0.362 e. The second-order valence-corrected chi connectivity index (χ2v) is 9.85. The average Bonchev–Trinajstić information content (AvgIpc) is 3.16. The Kier molecular flexibility index (Phi) is 5.61. The van der Waals surface area contributed by atoms with Gasteiger partial charge in [-0.1, -0.05) is 13.0 Å². The molecule has 160 valence electrons. The second kappa shape index (κ2) is 8.05. The molecule has 3 heterocycles. The van der Waals surface area contributed by atoms with Crippen molar-refractivity contribution in [2.45, 2.75) is 42.8 Å². The lowest BCUT2D eigenvalue weighted by Gasteiger charge is -2.43. The van der Waals surface area contributed by atoms with Crippen molar-refractivity contribution in [1.82, 2.24) is 9.29 Å². The highest BCUT2D eigenvalue weighted by molar-refractivity contribution is 7.89. The number of carbonyl (C=O) groups is 1. The van der Waals surface area contributed by atoms with Crippen LogP contribution in [0.4, 0.5) is 10.1 Å². The van der Waals surface area contributed by atoms with Crippen molar-refractivity contribution in [2.24, 2.45) is 5.92 Å². The Balaban J connectivity index is 1.42. The first kappa shape index (κ1) is 20.9. The number of sulfonamides is 1. The molecule has 2 aromatic rings. The van der Waals surface area contributed by atoms with Gasteiger partial charge >= 0.3 is 0 Å². The van der Waals surface area contributed by atoms with Crippen LogP contribution in [-0.4, -0.2) is 48.4 Å². The van der Waals surface area contributed by atoms with E-state index in [1.165, 1.54) is 22.5 Å². The molecule has 9 heteroatoms. The highest BCUT2D eigenvalue weighted by atomic mass is 32.2. The van der Waals surface area contributed by atoms with E-state index in [1.54, 1.807) is 24.5 Å². The van der Waals surface area contributed by atoms with Crippen LogP contribution in [0.1, 0.15) is 26.2 Å². The molecule has 0 aliphatic carbocycles. The van der Waals surface area contributed by atoms with Gasteiger partial charge in [-0.3, -0.25) is 9.78 Å². The maximum atomic E-state index is 13.5. The summed E-state index contributed by atoms with van der Waals surface area (Å²) in [6, 6.07) is 8.55. The molecular weight excluding hydrogens is 409 g/mol. The van der Waals surface area contributed by atoms with Crippen molar-refractivity contribution < 1.29 is 22.3 Å². The van der Waals surface area contributed by atoms with Gasteiger partial charge in [0.15, 0.2) is 0 Å². The number of ether oxygens (including phenoxy) is 1. The summed E-state index contributed by atoms with van der Waals surface area (Å²) in [4.78, 5) is 16.5. The topological polar surface area (TPSA) is 88.6 Å². The second-order valence-electron chi connectivity index (χ2n) is 7.91. The zero-order valence-electron chi connectivity index (χ0n) is 16.6. The van der Waals surface area contributed by atoms with Crippen LogP contribution in [0.3, 0.4) is 0 Å². The minimum absolute atomic E-state index is 0.0493. The molecule has 4 rings (SSSR count). The van der Waals surface area contributed by atoms with Gasteiger partial charge in [0.05, 0.1) is 22.4 Å². The molecule has 30 heavy (non-hydrogen) atoms. The van der Waals surface area contributed by atoms with Crippen molar-refractivity contribution in [3.63, 3.8) is 0 Å². The van der Waals surface area contributed by atoms with Crippen LogP contribution in [0.15, 0.2) is 53.7 Å². The molecule has 2 saturated heterocycles. The Hall–Kier alpha value is -2.36. The summed E-state index contributed by atoms with van der Waals surface area (Å²) in [5, 5.41) is 2.81. The molecule has 0 bridgehead atoms. The highest BCUT2D eigenvalue weighted by Crippen LogP contribution is 2.43. The standard InChI is InChI=1S/C21H24FN3O4S/c1-15-14-25(30(27,28)18-6-2-4-16(22)12-18)11-9-21(15)8-7-19(29-21)20(26)24-17-5-3-10-23-13-17/h2-6,10,12-13,15,19H,7-9,11,14H2,1H3,(H,24,26)/t15-,19+,21+/m1/s1. The number of pyridine rings is 1. The van der Waals surface area contributed by atoms with E-state index in [0.29, 0.717) is 24.9 Å². The number of hydrogen-bond donors (Lipinski definition) is 1. The van der Waals surface area contributed by atoms with Crippen LogP contribution in [0.2, 0.25) is 0 Å². The van der Waals surface area contributed by atoms with E-state index in [-0.39, 0.29) is 29.8 Å². The lowest BCUT2D eigenvalue weighted by atomic mass is 9.81. The third kappa shape index (κ3) is 3.97. The number of aromatic nitrogens is 1. The van der Waals surface area contributed by atoms with Gasteiger partial charge in [-0.25, -0.2) is 12.8 Å². The molecule has 2 aliphatic heterocycles. The lowest BCUT2D eigenvalue weighted by Crippen LogP contribution is -2.52. The van der Waals surface area contributed by atoms with Crippen LogP contribution in [0.5, 0.6) is 0 Å². The van der Waals surface area contributed by atoms with E-state index in [1.807, 2.05) is 6.92 Å². The van der Waals surface area contributed by atoms with Crippen molar-refractivity contribution in [3.05, 3.63) is 54.6 Å². The van der Waals surface area contributed by atoms with E-state index in [4.69, 9.17) is 4.74 Å². The SMILES string of the molecule is C[C@@H]1CN(S(=O)(=O)c2cccc(F)c2)CC[C@@]12CC[C@@H](C(=O)Nc1cccnc1)O2. The monoisotopic (exact) mass is 433 g/mol. The first-order valence-electron chi connectivity index (χ1n) is 9.95. The maximum Gasteiger partial charge on any atom is 0.253 e. The zero-order chi connectivity index (χ0) is 21.4. The summed E-state index contributed by atoms with van der Waals surface area (Å²) >= 11 is 0. The van der Waals surface area contributed by atoms with Crippen molar-refractivity contribution in [3.8, 4) is 0 Å². The number of hydrogen-bond acceptors (Lipinski definition) is 5. The summed E-state index contributed by atoms with van der Waals surface area (Å²) in [5.74, 6) is -0.910. The quantitative estimate of drug-likeness (QED) is 0.801. The molecule has 0 saturated carbocycles. The number of nitrogens with one attached hydrogen (secondary N) is 1. The molecule has 2 fully saturated rings. The van der Waals surface area contributed by atoms with Gasteiger partial charge in [0.25, 0.3) is 5.91 Å². The fourth-order valence-electron chi connectivity index (χ4n) is 4.29. The zero-order valence-corrected chi connectivity index (χ0v) is 17.4. The van der Waals surface area contributed by atoms with Crippen molar-refractivity contribution in [2.75, 3.05) is 18.4 Å². The fraction of sp³-hybridized carbons (Fsp3) is 0.429. The molecule has 1 N–H and O–H groups in total. The minimum Gasteiger partial charge on any atom is -0.362 e. The number of rotatable bonds is 4. The molecule has 2 aliphatic rings. The van der Waals surface area contributed by atoms with Crippen LogP contribution >= 0.6 is 0 Å². The van der Waals surface area contributed by atoms with E-state index < -0.39 is 27.5 Å². The minimum atomic E-state index is -3.78. The van der Waals surface area contributed by atoms with Gasteiger partial charge in [0.2, 0.25) is 10.0 Å². The molecule has 7 nitrogen and oxygen atoms in total. The number of carbonyl (C=O) groups excluding carboxylic acids is 1. The Morgan fingerprint density at radius 2 is 2.13 bits per heavy atom. The lowest BCUT2D eigenvalue weighted by molar-refractivity contribution is -0.140. The number of nitrogens with zero attached hydrogens (tertiary/aromatic N) is 2. The van der Waals surface area contributed by atoms with Crippen LogP contribution in [0.25, 0.3) is 0 Å². The predicted octanol–water partition coefficient (Wildman–Crippen LogP) is 2.81. The van der Waals surface area contributed by atoms with E-state index in [9.17, 15) is 17.6 Å². The molecule has 1 spiro atoms. The number of amides is 1. The highest BCUT2D eigenvalue weighted by Gasteiger charge is 2.50. The summed E-state index contributed by atoms with van der Waals surface area (Å²) in [7, 11) is -3.78. The first-order valence-corrected chi connectivity index (χ1v) is 11.4. The molecule has 1 aromatic heterocycles. The summed E-state index contributed by atoms with van der Waals surface area (Å²) in [6.45, 7) is 2.46. The molecule has 1 aromatic carbocycles. The Morgan fingerprint density at radius 1 is 1.30 bits per heavy atom. The number of piperidine rings is 1. The van der Waals surface area contributed by atoms with Gasteiger partial charge in [0.1, 0.15) is 11.9 Å². The summed E-state index contributed by atoms with van der Waals surface area (Å²) < 4.78 is 46.9. The maximum absolute atomic E-state index is 13.5. The summed E-state index contributed by atoms with van der Waals surface area (Å²) in [5.41, 5.74) is 0.0707. The number of halogens is 1. The van der Waals surface area contributed by atoms with Gasteiger partial charge in [-0.2, -0.15) is 4.31 Å². The predicted molar refractivity (Wildman–Crippen MR) is 109 cm³/mol. The van der Waals surface area contributed by atoms with Crippen LogP contribution < -0.4 is 5.32 Å². The number of benzene rings is 1. The van der Waals surface area contributed by atoms with Crippen LogP contribution in [-0.2, 0) is 19.6 Å². The normalized spacial score (nSPS) is 27.3. The molecule has 0 unspecified atom stereocenters. The van der Waals surface area contributed by atoms with E-state index >= 15 is 0 Å². The van der Waals surface area contributed by atoms with Crippen molar-refractivity contribution >= 4 is 21.6 Å². The van der Waals surface area contributed by atoms with E-state index in [2.05, 4.69) is 10.3 Å². The van der Waals surface area contributed by atoms with Gasteiger partial charge in [0, 0.05) is 19.3 Å². The average molecular weight is 434 g/mol. The van der Waals surface area contributed by atoms with E-state index in [0.717, 1.165) is 6.07 Å². The molecule has 3 atom stereocenters. The smallest absolute Gasteiger partial charge is 0.253 e. The molecule has 1 amide bonds. The Labute approximate surface area is 175 Å². The molecule has 0 radical (unpaired) electrons. The Bertz CT molecular complexity index is 1030. The van der Waals surface area contributed by atoms with Crippen molar-refractivity contribution in [1.29, 1.82) is 0 Å². The number of anilines is 1. The third-order valence-electron chi connectivity index (χ3n) is 6.02. The van der Waals surface area contributed by atoms with Gasteiger partial charge in [-0.05, 0) is 55.5 Å². The Morgan fingerprint density at radius 3 is 2.83 bits per heavy atom. The van der Waals surface area contributed by atoms with Crippen LogP contribution in [0, 0.1) is 11.7 Å². The fourth-order valence-corrected chi connectivity index (χ4v) is 5.85. The molecular formula is C21H24FN3O4S. The van der Waals surface area contributed by atoms with Gasteiger partial charge in [-0.15, -0.1) is 0 Å². The summed E-state index contributed by atoms with van der Waals surface area (Å²) in [6.07, 6.45) is 4.36. The first-order chi connectivity index (χ1) is 14.3. The third-order valence-corrected chi connectivity index (χ3v) is 7.88.